The Morgan fingerprint density at radius 1 is 1.39 bits per heavy atom. The monoisotopic (exact) mass is 320 g/mol. The average Bonchev–Trinajstić information content (AvgIpc) is 2.44. The molecule has 4 atom stereocenters. The van der Waals surface area contributed by atoms with Crippen molar-refractivity contribution in [1.82, 2.24) is 0 Å². The van der Waals surface area contributed by atoms with E-state index in [4.69, 9.17) is 5.11 Å². The fourth-order valence-electron chi connectivity index (χ4n) is 5.14. The van der Waals surface area contributed by atoms with E-state index in [1.54, 1.807) is 0 Å². The zero-order valence-corrected chi connectivity index (χ0v) is 15.2. The lowest BCUT2D eigenvalue weighted by Gasteiger charge is -2.57. The van der Waals surface area contributed by atoms with E-state index in [0.717, 1.165) is 19.3 Å². The number of rotatable bonds is 4. The number of aliphatic hydroxyl groups is 2. The van der Waals surface area contributed by atoms with Crippen molar-refractivity contribution in [2.24, 2.45) is 22.7 Å². The molecule has 0 aliphatic heterocycles. The van der Waals surface area contributed by atoms with Crippen molar-refractivity contribution in [3.8, 4) is 0 Å². The minimum absolute atomic E-state index is 0.00364. The molecule has 1 fully saturated rings. The van der Waals surface area contributed by atoms with E-state index in [9.17, 15) is 9.90 Å². The Bertz CT molecular complexity index is 529. The van der Waals surface area contributed by atoms with E-state index in [-0.39, 0.29) is 23.2 Å². The Kier molecular flexibility index (Phi) is 5.22. The van der Waals surface area contributed by atoms with Crippen LogP contribution in [0.15, 0.2) is 23.3 Å². The van der Waals surface area contributed by atoms with Crippen molar-refractivity contribution < 1.29 is 15.0 Å². The Hall–Kier alpha value is -0.930. The zero-order valence-electron chi connectivity index (χ0n) is 15.2. The first kappa shape index (κ1) is 18.4. The van der Waals surface area contributed by atoms with Crippen LogP contribution in [0, 0.1) is 22.7 Å². The molecule has 0 bridgehead atoms. The summed E-state index contributed by atoms with van der Waals surface area (Å²) in [5.74, 6) is 0.675. The van der Waals surface area contributed by atoms with Crippen LogP contribution in [-0.2, 0) is 4.79 Å². The van der Waals surface area contributed by atoms with Crippen LogP contribution >= 0.6 is 0 Å². The molecular formula is C20H32O3. The average molecular weight is 320 g/mol. The number of ketones is 1. The fraction of sp³-hybridized carbons (Fsp3) is 0.750. The molecule has 0 aromatic heterocycles. The second-order valence-corrected chi connectivity index (χ2v) is 8.43. The molecular weight excluding hydrogens is 288 g/mol. The Balaban J connectivity index is 2.31. The number of fused-ring (bicyclic) bond motifs is 1. The van der Waals surface area contributed by atoms with Gasteiger partial charge in [0.2, 0.25) is 0 Å². The number of carbonyl (C=O) groups excluding carboxylic acids is 1. The van der Waals surface area contributed by atoms with E-state index in [1.165, 1.54) is 11.1 Å². The van der Waals surface area contributed by atoms with Crippen molar-refractivity contribution in [3.63, 3.8) is 0 Å². The molecule has 0 spiro atoms. The van der Waals surface area contributed by atoms with Gasteiger partial charge in [-0.15, -0.1) is 0 Å². The summed E-state index contributed by atoms with van der Waals surface area (Å²) in [6.45, 7) is 10.6. The van der Waals surface area contributed by atoms with Crippen LogP contribution < -0.4 is 0 Å². The number of Topliss-reactive ketones (excluding diaryl/α,β-unsaturated/α-hetero) is 1. The van der Waals surface area contributed by atoms with Crippen molar-refractivity contribution in [1.29, 1.82) is 0 Å². The van der Waals surface area contributed by atoms with E-state index in [1.807, 2.05) is 19.9 Å². The summed E-state index contributed by atoms with van der Waals surface area (Å²) in [6, 6.07) is 0. The van der Waals surface area contributed by atoms with Gasteiger partial charge in [0.15, 0.2) is 5.78 Å². The normalized spacial score (nSPS) is 37.3. The van der Waals surface area contributed by atoms with Gasteiger partial charge in [-0.2, -0.15) is 0 Å². The van der Waals surface area contributed by atoms with E-state index >= 15 is 0 Å². The fourth-order valence-corrected chi connectivity index (χ4v) is 5.14. The molecule has 2 N–H and O–H groups in total. The quantitative estimate of drug-likeness (QED) is 0.777. The summed E-state index contributed by atoms with van der Waals surface area (Å²) in [6.07, 6.45) is 6.69. The van der Waals surface area contributed by atoms with E-state index < -0.39 is 6.10 Å². The molecule has 0 unspecified atom stereocenters. The highest BCUT2D eigenvalue weighted by molar-refractivity contribution is 5.85. The molecule has 2 rings (SSSR count). The molecule has 3 heteroatoms. The highest BCUT2D eigenvalue weighted by Gasteiger charge is 2.57. The summed E-state index contributed by atoms with van der Waals surface area (Å²) < 4.78 is 0. The van der Waals surface area contributed by atoms with Gasteiger partial charge in [0, 0.05) is 11.8 Å². The van der Waals surface area contributed by atoms with Gasteiger partial charge in [-0.25, -0.2) is 0 Å². The summed E-state index contributed by atoms with van der Waals surface area (Å²) in [5, 5.41) is 19.4. The second-order valence-electron chi connectivity index (χ2n) is 8.43. The number of aliphatic hydroxyl groups excluding tert-OH is 2. The molecule has 0 saturated heterocycles. The van der Waals surface area contributed by atoms with Crippen LogP contribution in [-0.4, -0.2) is 28.7 Å². The third-order valence-electron chi connectivity index (χ3n) is 6.55. The SMILES string of the molecule is CC1=CC[C@@H]2C(C)(C)[C@H](O)C(=O)C[C@]2(C)[C@@H]1CC/C(C)=C/CO. The molecule has 1 saturated carbocycles. The maximum absolute atomic E-state index is 12.4. The van der Waals surface area contributed by atoms with Gasteiger partial charge in [-0.1, -0.05) is 44.1 Å². The van der Waals surface area contributed by atoms with Crippen LogP contribution in [0.2, 0.25) is 0 Å². The Morgan fingerprint density at radius 2 is 2.04 bits per heavy atom. The predicted octanol–water partition coefficient (Wildman–Crippen LogP) is 3.65. The molecule has 0 aromatic carbocycles. The van der Waals surface area contributed by atoms with Gasteiger partial charge >= 0.3 is 0 Å². The standard InChI is InChI=1S/C20H32O3/c1-13(10-11-21)6-8-15-14(2)7-9-17-19(3,4)18(23)16(22)12-20(15,17)5/h7,10,15,17-18,21,23H,6,8-9,11-12H2,1-5H3/b13-10+/t15-,17-,18-,20-/m1/s1. The molecule has 3 nitrogen and oxygen atoms in total. The molecule has 0 heterocycles. The summed E-state index contributed by atoms with van der Waals surface area (Å²) in [5.41, 5.74) is 2.11. The Labute approximate surface area is 140 Å². The number of carbonyl (C=O) groups is 1. The van der Waals surface area contributed by atoms with Gasteiger partial charge in [0.25, 0.3) is 0 Å². The third-order valence-corrected chi connectivity index (χ3v) is 6.55. The lowest BCUT2D eigenvalue weighted by molar-refractivity contribution is -0.159. The molecule has 0 aromatic rings. The minimum atomic E-state index is -0.843. The molecule has 23 heavy (non-hydrogen) atoms. The largest absolute Gasteiger partial charge is 0.392 e. The number of hydrogen-bond acceptors (Lipinski definition) is 3. The first-order valence-corrected chi connectivity index (χ1v) is 8.78. The number of allylic oxidation sites excluding steroid dienone is 3. The smallest absolute Gasteiger partial charge is 0.162 e. The lowest BCUT2D eigenvalue weighted by Crippen LogP contribution is -2.58. The topological polar surface area (TPSA) is 57.5 Å². The molecule has 0 amide bonds. The van der Waals surface area contributed by atoms with Crippen LogP contribution in [0.25, 0.3) is 0 Å². The third kappa shape index (κ3) is 3.18. The van der Waals surface area contributed by atoms with Gasteiger partial charge in [0.1, 0.15) is 6.10 Å². The summed E-state index contributed by atoms with van der Waals surface area (Å²) in [7, 11) is 0. The van der Waals surface area contributed by atoms with E-state index in [2.05, 4.69) is 26.8 Å². The molecule has 0 radical (unpaired) electrons. The number of hydrogen-bond donors (Lipinski definition) is 2. The van der Waals surface area contributed by atoms with Gasteiger partial charge in [-0.05, 0) is 50.4 Å². The molecule has 2 aliphatic rings. The van der Waals surface area contributed by atoms with Crippen molar-refractivity contribution in [2.75, 3.05) is 6.61 Å². The zero-order chi connectivity index (χ0) is 17.4. The van der Waals surface area contributed by atoms with Crippen LogP contribution in [0.5, 0.6) is 0 Å². The summed E-state index contributed by atoms with van der Waals surface area (Å²) >= 11 is 0. The molecule has 2 aliphatic carbocycles. The maximum atomic E-state index is 12.4. The maximum Gasteiger partial charge on any atom is 0.162 e. The van der Waals surface area contributed by atoms with Crippen molar-refractivity contribution >= 4 is 5.78 Å². The highest BCUT2D eigenvalue weighted by atomic mass is 16.3. The van der Waals surface area contributed by atoms with Crippen LogP contribution in [0.4, 0.5) is 0 Å². The van der Waals surface area contributed by atoms with Crippen LogP contribution in [0.1, 0.15) is 60.3 Å². The lowest BCUT2D eigenvalue weighted by atomic mass is 9.47. The first-order valence-electron chi connectivity index (χ1n) is 8.78. The summed E-state index contributed by atoms with van der Waals surface area (Å²) in [4.78, 5) is 12.4. The predicted molar refractivity (Wildman–Crippen MR) is 92.9 cm³/mol. The highest BCUT2D eigenvalue weighted by Crippen LogP contribution is 2.59. The van der Waals surface area contributed by atoms with Crippen molar-refractivity contribution in [2.45, 2.75) is 66.4 Å². The van der Waals surface area contributed by atoms with Crippen molar-refractivity contribution in [3.05, 3.63) is 23.3 Å². The minimum Gasteiger partial charge on any atom is -0.392 e. The second kappa shape index (κ2) is 6.52. The molecule has 130 valence electrons. The van der Waals surface area contributed by atoms with Gasteiger partial charge in [0.05, 0.1) is 6.61 Å². The Morgan fingerprint density at radius 3 is 2.65 bits per heavy atom. The first-order chi connectivity index (χ1) is 10.6. The van der Waals surface area contributed by atoms with Gasteiger partial charge in [-0.3, -0.25) is 4.79 Å². The van der Waals surface area contributed by atoms with Gasteiger partial charge < -0.3 is 10.2 Å². The van der Waals surface area contributed by atoms with Crippen LogP contribution in [0.3, 0.4) is 0 Å². The van der Waals surface area contributed by atoms with E-state index in [0.29, 0.717) is 18.3 Å².